The summed E-state index contributed by atoms with van der Waals surface area (Å²) in [6.45, 7) is 5.78. The van der Waals surface area contributed by atoms with Gasteiger partial charge in [-0.1, -0.05) is 13.8 Å². The van der Waals surface area contributed by atoms with Crippen molar-refractivity contribution in [2.24, 2.45) is 5.92 Å². The summed E-state index contributed by atoms with van der Waals surface area (Å²) in [6, 6.07) is 1.11. The average molecular weight is 254 g/mol. The first kappa shape index (κ1) is 14.6. The zero-order chi connectivity index (χ0) is 13.8. The molecule has 0 fully saturated rings. The van der Waals surface area contributed by atoms with E-state index in [0.29, 0.717) is 12.3 Å². The normalized spacial score (nSPS) is 14.3. The number of rotatable bonds is 5. The molecule has 1 unspecified atom stereocenters. The lowest BCUT2D eigenvalue weighted by molar-refractivity contribution is 0.0368. The van der Waals surface area contributed by atoms with E-state index in [1.807, 2.05) is 13.8 Å². The first-order chi connectivity index (χ1) is 8.30. The van der Waals surface area contributed by atoms with Gasteiger partial charge in [-0.3, -0.25) is 9.78 Å². The molecule has 0 spiro atoms. The van der Waals surface area contributed by atoms with Crippen molar-refractivity contribution in [3.05, 3.63) is 29.8 Å². The van der Waals surface area contributed by atoms with Crippen LogP contribution in [-0.4, -0.2) is 28.1 Å². The minimum Gasteiger partial charge on any atom is -0.388 e. The molecule has 1 aromatic heterocycles. The zero-order valence-electron chi connectivity index (χ0n) is 10.9. The molecule has 4 nitrogen and oxygen atoms in total. The molecule has 5 heteroatoms. The Bertz CT molecular complexity index is 419. The van der Waals surface area contributed by atoms with Gasteiger partial charge in [0.2, 0.25) is 0 Å². The molecule has 0 saturated heterocycles. The van der Waals surface area contributed by atoms with E-state index in [1.54, 1.807) is 6.92 Å². The molecule has 0 aliphatic rings. The lowest BCUT2D eigenvalue weighted by atomic mass is 9.94. The highest BCUT2D eigenvalue weighted by atomic mass is 19.1. The van der Waals surface area contributed by atoms with Gasteiger partial charge in [0.25, 0.3) is 5.91 Å². The molecular formula is C13H19FN2O2. The van der Waals surface area contributed by atoms with E-state index in [1.165, 1.54) is 6.20 Å². The van der Waals surface area contributed by atoms with Crippen LogP contribution >= 0.6 is 0 Å². The van der Waals surface area contributed by atoms with Crippen LogP contribution in [0.25, 0.3) is 0 Å². The quantitative estimate of drug-likeness (QED) is 0.841. The maximum atomic E-state index is 12.9. The maximum Gasteiger partial charge on any atom is 0.253 e. The Morgan fingerprint density at radius 2 is 2.22 bits per heavy atom. The number of carbonyl (C=O) groups is 1. The van der Waals surface area contributed by atoms with Gasteiger partial charge in [-0.15, -0.1) is 0 Å². The van der Waals surface area contributed by atoms with Crippen LogP contribution in [-0.2, 0) is 0 Å². The molecule has 0 bridgehead atoms. The molecule has 1 heterocycles. The highest BCUT2D eigenvalue weighted by molar-refractivity contribution is 5.93. The highest BCUT2D eigenvalue weighted by Crippen LogP contribution is 2.15. The summed E-state index contributed by atoms with van der Waals surface area (Å²) < 4.78 is 12.9. The maximum absolute atomic E-state index is 12.9. The number of amides is 1. The van der Waals surface area contributed by atoms with Gasteiger partial charge in [0.15, 0.2) is 0 Å². The molecular weight excluding hydrogens is 235 g/mol. The Morgan fingerprint density at radius 3 is 2.78 bits per heavy atom. The van der Waals surface area contributed by atoms with Crippen molar-refractivity contribution in [1.82, 2.24) is 10.3 Å². The third kappa shape index (κ3) is 4.79. The summed E-state index contributed by atoms with van der Waals surface area (Å²) in [5.74, 6) is -0.671. The van der Waals surface area contributed by atoms with Crippen LogP contribution in [0.1, 0.15) is 37.6 Å². The molecule has 0 aromatic carbocycles. The van der Waals surface area contributed by atoms with E-state index in [0.717, 1.165) is 12.3 Å². The summed E-state index contributed by atoms with van der Waals surface area (Å²) in [4.78, 5) is 15.3. The van der Waals surface area contributed by atoms with Crippen molar-refractivity contribution < 1.29 is 14.3 Å². The molecule has 1 atom stereocenters. The number of aromatic nitrogens is 1. The number of pyridine rings is 1. The van der Waals surface area contributed by atoms with Crippen LogP contribution in [0.15, 0.2) is 18.5 Å². The SMILES string of the molecule is CC(C)CC(C)(O)CNC(=O)c1cncc(F)c1. The van der Waals surface area contributed by atoms with Crippen molar-refractivity contribution in [3.63, 3.8) is 0 Å². The van der Waals surface area contributed by atoms with Crippen LogP contribution in [0.3, 0.4) is 0 Å². The number of aliphatic hydroxyl groups is 1. The van der Waals surface area contributed by atoms with Crippen molar-refractivity contribution in [3.8, 4) is 0 Å². The predicted octanol–water partition coefficient (Wildman–Crippen LogP) is 1.75. The van der Waals surface area contributed by atoms with E-state index < -0.39 is 17.3 Å². The molecule has 0 saturated carbocycles. The third-order valence-electron chi connectivity index (χ3n) is 2.44. The standard InChI is InChI=1S/C13H19FN2O2/c1-9(2)5-13(3,18)8-16-12(17)10-4-11(14)7-15-6-10/h4,6-7,9,18H,5,8H2,1-3H3,(H,16,17). The predicted molar refractivity (Wildman–Crippen MR) is 66.6 cm³/mol. The summed E-state index contributed by atoms with van der Waals surface area (Å²) >= 11 is 0. The van der Waals surface area contributed by atoms with Gasteiger partial charge in [-0.2, -0.15) is 0 Å². The number of nitrogens with one attached hydrogen (secondary N) is 1. The number of halogens is 1. The molecule has 0 aliphatic heterocycles. The Morgan fingerprint density at radius 1 is 1.56 bits per heavy atom. The van der Waals surface area contributed by atoms with Crippen LogP contribution in [0.2, 0.25) is 0 Å². The minimum absolute atomic E-state index is 0.126. The van der Waals surface area contributed by atoms with Gasteiger partial charge in [0.05, 0.1) is 17.4 Å². The molecule has 1 aromatic rings. The Balaban J connectivity index is 2.56. The lowest BCUT2D eigenvalue weighted by Crippen LogP contribution is -2.41. The second kappa shape index (κ2) is 5.91. The van der Waals surface area contributed by atoms with E-state index in [4.69, 9.17) is 0 Å². The van der Waals surface area contributed by atoms with E-state index in [-0.39, 0.29) is 12.1 Å². The van der Waals surface area contributed by atoms with Crippen molar-refractivity contribution >= 4 is 5.91 Å². The number of hydrogen-bond donors (Lipinski definition) is 2. The second-order valence-electron chi connectivity index (χ2n) is 5.17. The first-order valence-corrected chi connectivity index (χ1v) is 5.91. The molecule has 18 heavy (non-hydrogen) atoms. The smallest absolute Gasteiger partial charge is 0.253 e. The summed E-state index contributed by atoms with van der Waals surface area (Å²) in [6.07, 6.45) is 2.90. The van der Waals surface area contributed by atoms with Crippen LogP contribution in [0.5, 0.6) is 0 Å². The number of nitrogens with zero attached hydrogens (tertiary/aromatic N) is 1. The average Bonchev–Trinajstić information content (AvgIpc) is 2.24. The summed E-state index contributed by atoms with van der Waals surface area (Å²) in [5.41, 5.74) is -0.819. The zero-order valence-corrected chi connectivity index (χ0v) is 10.9. The van der Waals surface area contributed by atoms with Gasteiger partial charge >= 0.3 is 0 Å². The second-order valence-corrected chi connectivity index (χ2v) is 5.17. The summed E-state index contributed by atoms with van der Waals surface area (Å²) in [7, 11) is 0. The van der Waals surface area contributed by atoms with Gasteiger partial charge in [0.1, 0.15) is 5.82 Å². The molecule has 0 radical (unpaired) electrons. The van der Waals surface area contributed by atoms with Crippen molar-refractivity contribution in [2.75, 3.05) is 6.54 Å². The lowest BCUT2D eigenvalue weighted by Gasteiger charge is -2.25. The van der Waals surface area contributed by atoms with Crippen LogP contribution < -0.4 is 5.32 Å². The van der Waals surface area contributed by atoms with Crippen LogP contribution in [0.4, 0.5) is 4.39 Å². The van der Waals surface area contributed by atoms with Gasteiger partial charge < -0.3 is 10.4 Å². The van der Waals surface area contributed by atoms with Gasteiger partial charge in [0, 0.05) is 12.7 Å². The third-order valence-corrected chi connectivity index (χ3v) is 2.44. The fourth-order valence-corrected chi connectivity index (χ4v) is 1.86. The largest absolute Gasteiger partial charge is 0.388 e. The molecule has 100 valence electrons. The molecule has 1 rings (SSSR count). The summed E-state index contributed by atoms with van der Waals surface area (Å²) in [5, 5.41) is 12.6. The van der Waals surface area contributed by atoms with E-state index in [2.05, 4.69) is 10.3 Å². The van der Waals surface area contributed by atoms with Crippen molar-refractivity contribution in [1.29, 1.82) is 0 Å². The van der Waals surface area contributed by atoms with Crippen LogP contribution in [0, 0.1) is 11.7 Å². The molecule has 2 N–H and O–H groups in total. The van der Waals surface area contributed by atoms with Crippen molar-refractivity contribution in [2.45, 2.75) is 32.8 Å². The fraction of sp³-hybridized carbons (Fsp3) is 0.538. The topological polar surface area (TPSA) is 62.2 Å². The van der Waals surface area contributed by atoms with E-state index >= 15 is 0 Å². The molecule has 0 aliphatic carbocycles. The van der Waals surface area contributed by atoms with Gasteiger partial charge in [-0.05, 0) is 25.3 Å². The number of hydrogen-bond acceptors (Lipinski definition) is 3. The monoisotopic (exact) mass is 254 g/mol. The highest BCUT2D eigenvalue weighted by Gasteiger charge is 2.22. The molecule has 1 amide bonds. The number of carbonyl (C=O) groups excluding carboxylic acids is 1. The minimum atomic E-state index is -0.968. The van der Waals surface area contributed by atoms with Gasteiger partial charge in [-0.25, -0.2) is 4.39 Å². The first-order valence-electron chi connectivity index (χ1n) is 5.91. The Hall–Kier alpha value is -1.49. The van der Waals surface area contributed by atoms with E-state index in [9.17, 15) is 14.3 Å². The Kier molecular flexibility index (Phi) is 4.78. The fourth-order valence-electron chi connectivity index (χ4n) is 1.86. The Labute approximate surface area is 106 Å².